The van der Waals surface area contributed by atoms with Gasteiger partial charge in [0.2, 0.25) is 0 Å². The topological polar surface area (TPSA) is 76.1 Å². The Morgan fingerprint density at radius 1 is 1.29 bits per heavy atom. The van der Waals surface area contributed by atoms with Gasteiger partial charge in [-0.2, -0.15) is 0 Å². The van der Waals surface area contributed by atoms with Gasteiger partial charge in [0.25, 0.3) is 0 Å². The summed E-state index contributed by atoms with van der Waals surface area (Å²) in [5, 5.41) is 10.6. The van der Waals surface area contributed by atoms with Crippen LogP contribution in [0.2, 0.25) is 0 Å². The predicted molar refractivity (Wildman–Crippen MR) is 87.1 cm³/mol. The molecule has 0 aliphatic carbocycles. The molecule has 6 nitrogen and oxygen atoms in total. The van der Waals surface area contributed by atoms with Crippen molar-refractivity contribution >= 4 is 11.9 Å². The molecular formula is C18H27NO5. The lowest BCUT2D eigenvalue weighted by Crippen LogP contribution is -2.46. The number of allylic oxidation sites excluding steroid dienone is 1. The molecule has 0 aromatic carbocycles. The molecule has 3 heterocycles. The van der Waals surface area contributed by atoms with E-state index in [1.807, 2.05) is 0 Å². The number of hydrogen-bond acceptors (Lipinski definition) is 6. The average Bonchev–Trinajstić information content (AvgIpc) is 3.12. The Hall–Kier alpha value is -1.40. The third-order valence-electron chi connectivity index (χ3n) is 5.97. The van der Waals surface area contributed by atoms with Gasteiger partial charge in [-0.15, -0.1) is 0 Å². The van der Waals surface area contributed by atoms with Crippen molar-refractivity contribution in [2.75, 3.05) is 19.7 Å². The van der Waals surface area contributed by atoms with Crippen LogP contribution in [-0.4, -0.2) is 59.4 Å². The number of hydrogen-bond donors (Lipinski definition) is 1. The standard InChI is InChI=1S/C18H27NO5/c1-4-12-9-11(2)18(3,22)17(21)23-10-13-5-7-19-8-6-14(15(13)19)24-16(12)20/h4,11,13-15,22H,5-10H2,1-3H3/b12-4+/t11-,13-,14-,15-,18-/m1/s1. The van der Waals surface area contributed by atoms with E-state index in [0.717, 1.165) is 25.9 Å². The minimum absolute atomic E-state index is 0.113. The number of carbonyl (C=O) groups is 2. The highest BCUT2D eigenvalue weighted by Crippen LogP contribution is 2.36. The number of cyclic esters (lactones) is 1. The molecule has 0 spiro atoms. The Labute approximate surface area is 142 Å². The molecule has 3 saturated heterocycles. The summed E-state index contributed by atoms with van der Waals surface area (Å²) in [4.78, 5) is 27.3. The number of aliphatic hydroxyl groups is 1. The van der Waals surface area contributed by atoms with Gasteiger partial charge in [0.05, 0.1) is 12.6 Å². The Balaban J connectivity index is 1.89. The van der Waals surface area contributed by atoms with E-state index in [9.17, 15) is 14.7 Å². The van der Waals surface area contributed by atoms with Crippen molar-refractivity contribution < 1.29 is 24.2 Å². The van der Waals surface area contributed by atoms with E-state index >= 15 is 0 Å². The van der Waals surface area contributed by atoms with Gasteiger partial charge < -0.3 is 14.6 Å². The van der Waals surface area contributed by atoms with E-state index in [4.69, 9.17) is 9.47 Å². The molecule has 3 rings (SSSR count). The lowest BCUT2D eigenvalue weighted by Gasteiger charge is -2.32. The van der Waals surface area contributed by atoms with Crippen LogP contribution in [0.15, 0.2) is 11.6 Å². The van der Waals surface area contributed by atoms with Crippen molar-refractivity contribution in [3.63, 3.8) is 0 Å². The highest BCUT2D eigenvalue weighted by Gasteiger charge is 2.48. The van der Waals surface area contributed by atoms with Gasteiger partial charge >= 0.3 is 11.9 Å². The minimum atomic E-state index is -1.62. The van der Waals surface area contributed by atoms with E-state index in [2.05, 4.69) is 4.90 Å². The average molecular weight is 337 g/mol. The Bertz CT molecular complexity index is 556. The zero-order chi connectivity index (χ0) is 17.5. The number of esters is 2. The van der Waals surface area contributed by atoms with Crippen LogP contribution in [0, 0.1) is 11.8 Å². The summed E-state index contributed by atoms with van der Waals surface area (Å²) in [5.74, 6) is -1.23. The van der Waals surface area contributed by atoms with Gasteiger partial charge in [0.15, 0.2) is 5.60 Å². The monoisotopic (exact) mass is 337 g/mol. The molecule has 3 fully saturated rings. The summed E-state index contributed by atoms with van der Waals surface area (Å²) in [6.45, 7) is 7.11. The van der Waals surface area contributed by atoms with Gasteiger partial charge in [-0.1, -0.05) is 13.0 Å². The molecule has 0 saturated carbocycles. The molecule has 134 valence electrons. The van der Waals surface area contributed by atoms with Crippen molar-refractivity contribution in [1.82, 2.24) is 4.90 Å². The summed E-state index contributed by atoms with van der Waals surface area (Å²) in [6.07, 6.45) is 3.59. The van der Waals surface area contributed by atoms with E-state index < -0.39 is 17.5 Å². The summed E-state index contributed by atoms with van der Waals surface area (Å²) < 4.78 is 11.3. The molecular weight excluding hydrogens is 310 g/mol. The first-order chi connectivity index (χ1) is 11.3. The second kappa shape index (κ2) is 6.48. The van der Waals surface area contributed by atoms with Crippen LogP contribution in [0.5, 0.6) is 0 Å². The van der Waals surface area contributed by atoms with Gasteiger partial charge in [-0.3, -0.25) is 4.90 Å². The summed E-state index contributed by atoms with van der Waals surface area (Å²) in [7, 11) is 0. The fraction of sp³-hybridized carbons (Fsp3) is 0.778. The van der Waals surface area contributed by atoms with Crippen LogP contribution >= 0.6 is 0 Å². The Kier molecular flexibility index (Phi) is 4.71. The number of carbonyl (C=O) groups excluding carboxylic acids is 2. The smallest absolute Gasteiger partial charge is 0.338 e. The Morgan fingerprint density at radius 3 is 2.71 bits per heavy atom. The van der Waals surface area contributed by atoms with Crippen LogP contribution in [0.4, 0.5) is 0 Å². The molecule has 0 aromatic rings. The van der Waals surface area contributed by atoms with E-state index in [1.54, 1.807) is 19.9 Å². The second-order valence-electron chi connectivity index (χ2n) is 7.47. The Morgan fingerprint density at radius 2 is 2.00 bits per heavy atom. The first-order valence-corrected chi connectivity index (χ1v) is 8.84. The first kappa shape index (κ1) is 17.4. The molecule has 0 radical (unpaired) electrons. The van der Waals surface area contributed by atoms with E-state index in [1.165, 1.54) is 6.92 Å². The van der Waals surface area contributed by atoms with Crippen LogP contribution in [-0.2, 0) is 19.1 Å². The molecule has 0 aromatic heterocycles. The van der Waals surface area contributed by atoms with E-state index in [0.29, 0.717) is 5.57 Å². The van der Waals surface area contributed by atoms with Crippen LogP contribution in [0.1, 0.15) is 40.0 Å². The maximum absolute atomic E-state index is 12.6. The predicted octanol–water partition coefficient (Wildman–Crippen LogP) is 1.27. The normalized spacial score (nSPS) is 42.9. The van der Waals surface area contributed by atoms with E-state index in [-0.39, 0.29) is 37.1 Å². The maximum atomic E-state index is 12.6. The van der Waals surface area contributed by atoms with Crippen molar-refractivity contribution in [2.45, 2.75) is 57.8 Å². The highest BCUT2D eigenvalue weighted by molar-refractivity contribution is 5.89. The largest absolute Gasteiger partial charge is 0.463 e. The molecule has 6 heteroatoms. The molecule has 0 amide bonds. The molecule has 24 heavy (non-hydrogen) atoms. The van der Waals surface area contributed by atoms with Crippen LogP contribution < -0.4 is 0 Å². The van der Waals surface area contributed by atoms with Gasteiger partial charge in [-0.25, -0.2) is 9.59 Å². The SMILES string of the molecule is C/C=C1\C[C@@H](C)[C@@](C)(O)C(=O)OC[C@H]2CCN3CC[C@@H](OC1=O)[C@@H]23. The molecule has 5 atom stereocenters. The first-order valence-electron chi connectivity index (χ1n) is 8.84. The molecule has 1 N–H and O–H groups in total. The minimum Gasteiger partial charge on any atom is -0.463 e. The molecule has 3 aliphatic rings. The third kappa shape index (κ3) is 2.97. The summed E-state index contributed by atoms with van der Waals surface area (Å²) in [5.41, 5.74) is -1.12. The van der Waals surface area contributed by atoms with Crippen molar-refractivity contribution in [2.24, 2.45) is 11.8 Å². The summed E-state index contributed by atoms with van der Waals surface area (Å²) in [6, 6.07) is 0.113. The number of ether oxygens (including phenoxy) is 2. The van der Waals surface area contributed by atoms with Gasteiger partial charge in [0.1, 0.15) is 6.10 Å². The fourth-order valence-electron chi connectivity index (χ4n) is 4.11. The lowest BCUT2D eigenvalue weighted by atomic mass is 9.85. The quantitative estimate of drug-likeness (QED) is 0.530. The summed E-state index contributed by atoms with van der Waals surface area (Å²) >= 11 is 0. The fourth-order valence-corrected chi connectivity index (χ4v) is 4.11. The van der Waals surface area contributed by atoms with Crippen LogP contribution in [0.3, 0.4) is 0 Å². The lowest BCUT2D eigenvalue weighted by molar-refractivity contribution is -0.172. The third-order valence-corrected chi connectivity index (χ3v) is 5.97. The number of nitrogens with zero attached hydrogens (tertiary/aromatic N) is 1. The van der Waals surface area contributed by atoms with Crippen molar-refractivity contribution in [1.29, 1.82) is 0 Å². The zero-order valence-corrected chi connectivity index (χ0v) is 14.7. The van der Waals surface area contributed by atoms with Crippen molar-refractivity contribution in [3.05, 3.63) is 11.6 Å². The molecule has 0 bridgehead atoms. The second-order valence-corrected chi connectivity index (χ2v) is 7.47. The highest BCUT2D eigenvalue weighted by atomic mass is 16.6. The van der Waals surface area contributed by atoms with Crippen LogP contribution in [0.25, 0.3) is 0 Å². The number of rotatable bonds is 0. The van der Waals surface area contributed by atoms with Gasteiger partial charge in [0, 0.05) is 18.0 Å². The zero-order valence-electron chi connectivity index (χ0n) is 14.7. The van der Waals surface area contributed by atoms with Crippen molar-refractivity contribution in [3.8, 4) is 0 Å². The molecule has 3 aliphatic heterocycles. The maximum Gasteiger partial charge on any atom is 0.338 e. The van der Waals surface area contributed by atoms with Gasteiger partial charge in [-0.05, 0) is 45.6 Å². The molecule has 0 unspecified atom stereocenters.